The van der Waals surface area contributed by atoms with Crippen LogP contribution in [0.5, 0.6) is 0 Å². The molecular weight excluding hydrogens is 236 g/mol. The Bertz CT molecular complexity index is 368. The van der Waals surface area contributed by atoms with Crippen molar-refractivity contribution < 1.29 is 4.42 Å². The van der Waals surface area contributed by atoms with Gasteiger partial charge in [0.1, 0.15) is 5.76 Å². The van der Waals surface area contributed by atoms with Gasteiger partial charge in [0.15, 0.2) is 0 Å². The van der Waals surface area contributed by atoms with E-state index in [1.807, 2.05) is 6.07 Å². The first-order valence-corrected chi connectivity index (χ1v) is 7.82. The molecule has 1 aromatic heterocycles. The van der Waals surface area contributed by atoms with Crippen LogP contribution in [-0.4, -0.2) is 42.0 Å². The summed E-state index contributed by atoms with van der Waals surface area (Å²) < 4.78 is 5.44. The number of rotatable bonds is 3. The predicted molar refractivity (Wildman–Crippen MR) is 77.0 cm³/mol. The first-order chi connectivity index (χ1) is 9.33. The smallest absolute Gasteiger partial charge is 0.117 e. The van der Waals surface area contributed by atoms with E-state index in [2.05, 4.69) is 22.8 Å². The molecule has 2 fully saturated rings. The minimum atomic E-state index is 0.847. The average molecular weight is 262 g/mol. The molecule has 0 aromatic carbocycles. The van der Waals surface area contributed by atoms with Crippen LogP contribution in [0.15, 0.2) is 22.8 Å². The lowest BCUT2D eigenvalue weighted by molar-refractivity contribution is 0.0494. The maximum atomic E-state index is 5.44. The van der Waals surface area contributed by atoms with Gasteiger partial charge in [0.2, 0.25) is 0 Å². The summed E-state index contributed by atoms with van der Waals surface area (Å²) >= 11 is 0. The molecule has 0 N–H and O–H groups in total. The number of piperazine rings is 1. The van der Waals surface area contributed by atoms with E-state index in [0.717, 1.165) is 24.3 Å². The molecule has 0 radical (unpaired) electrons. The summed E-state index contributed by atoms with van der Waals surface area (Å²) in [5.41, 5.74) is 0. The number of nitrogens with zero attached hydrogens (tertiary/aromatic N) is 2. The van der Waals surface area contributed by atoms with Gasteiger partial charge < -0.3 is 4.42 Å². The third-order valence-corrected chi connectivity index (χ3v) is 4.90. The Labute approximate surface area is 116 Å². The Hall–Kier alpha value is -0.800. The van der Waals surface area contributed by atoms with Crippen molar-refractivity contribution in [1.29, 1.82) is 0 Å². The van der Waals surface area contributed by atoms with Gasteiger partial charge in [-0.15, -0.1) is 0 Å². The zero-order chi connectivity index (χ0) is 13.1. The second-order valence-electron chi connectivity index (χ2n) is 6.22. The van der Waals surface area contributed by atoms with E-state index in [9.17, 15) is 0 Å². The van der Waals surface area contributed by atoms with Crippen LogP contribution in [-0.2, 0) is 6.54 Å². The summed E-state index contributed by atoms with van der Waals surface area (Å²) in [5.74, 6) is 1.99. The lowest BCUT2D eigenvalue weighted by atomic mass is 9.84. The van der Waals surface area contributed by atoms with Crippen molar-refractivity contribution in [1.82, 2.24) is 9.80 Å². The Morgan fingerprint density at radius 2 is 1.95 bits per heavy atom. The molecule has 1 aromatic rings. The number of hydrogen-bond donors (Lipinski definition) is 0. The Morgan fingerprint density at radius 3 is 2.63 bits per heavy atom. The largest absolute Gasteiger partial charge is 0.468 e. The highest BCUT2D eigenvalue weighted by atomic mass is 16.3. The molecule has 1 saturated carbocycles. The Kier molecular flexibility index (Phi) is 4.24. The van der Waals surface area contributed by atoms with Gasteiger partial charge in [0.05, 0.1) is 12.8 Å². The van der Waals surface area contributed by atoms with Crippen molar-refractivity contribution >= 4 is 0 Å². The lowest BCUT2D eigenvalue weighted by Gasteiger charge is -2.43. The van der Waals surface area contributed by atoms with E-state index < -0.39 is 0 Å². The third kappa shape index (κ3) is 3.21. The van der Waals surface area contributed by atoms with Crippen LogP contribution in [0.1, 0.15) is 38.4 Å². The fraction of sp³-hybridized carbons (Fsp3) is 0.750. The lowest BCUT2D eigenvalue weighted by Crippen LogP contribution is -2.52. The molecule has 3 nitrogen and oxygen atoms in total. The predicted octanol–water partition coefficient (Wildman–Crippen LogP) is 2.98. The fourth-order valence-corrected chi connectivity index (χ4v) is 3.72. The van der Waals surface area contributed by atoms with E-state index in [1.54, 1.807) is 6.26 Å². The molecule has 2 heterocycles. The molecular formula is C16H26N2O. The fourth-order valence-electron chi connectivity index (χ4n) is 3.72. The van der Waals surface area contributed by atoms with E-state index in [1.165, 1.54) is 51.9 Å². The zero-order valence-corrected chi connectivity index (χ0v) is 12.1. The summed E-state index contributed by atoms with van der Waals surface area (Å²) in [6.45, 7) is 8.25. The first-order valence-electron chi connectivity index (χ1n) is 7.82. The summed E-state index contributed by atoms with van der Waals surface area (Å²) in [6, 6.07) is 4.91. The van der Waals surface area contributed by atoms with E-state index >= 15 is 0 Å². The molecule has 19 heavy (non-hydrogen) atoms. The minimum absolute atomic E-state index is 0.847. The molecule has 2 atom stereocenters. The molecule has 1 aliphatic carbocycles. The van der Waals surface area contributed by atoms with Gasteiger partial charge in [-0.25, -0.2) is 0 Å². The van der Waals surface area contributed by atoms with Crippen LogP contribution in [0.4, 0.5) is 0 Å². The third-order valence-electron chi connectivity index (χ3n) is 4.90. The zero-order valence-electron chi connectivity index (χ0n) is 12.1. The highest BCUT2D eigenvalue weighted by molar-refractivity contribution is 4.98. The van der Waals surface area contributed by atoms with E-state index in [4.69, 9.17) is 4.42 Å². The molecule has 3 heteroatoms. The van der Waals surface area contributed by atoms with Crippen LogP contribution in [0.2, 0.25) is 0 Å². The Balaban J connectivity index is 1.49. The monoisotopic (exact) mass is 262 g/mol. The second kappa shape index (κ2) is 6.10. The van der Waals surface area contributed by atoms with Gasteiger partial charge in [-0.1, -0.05) is 19.8 Å². The molecule has 1 saturated heterocycles. The normalized spacial score (nSPS) is 30.6. The maximum Gasteiger partial charge on any atom is 0.117 e. The van der Waals surface area contributed by atoms with Gasteiger partial charge in [0, 0.05) is 32.2 Å². The molecule has 1 aliphatic heterocycles. The van der Waals surface area contributed by atoms with Crippen LogP contribution < -0.4 is 0 Å². The molecule has 2 unspecified atom stereocenters. The summed E-state index contributed by atoms with van der Waals surface area (Å²) in [5, 5.41) is 0. The molecule has 0 bridgehead atoms. The van der Waals surface area contributed by atoms with Crippen molar-refractivity contribution in [3.05, 3.63) is 24.2 Å². The topological polar surface area (TPSA) is 19.6 Å². The average Bonchev–Trinajstić information content (AvgIpc) is 2.93. The highest BCUT2D eigenvalue weighted by Crippen LogP contribution is 2.28. The van der Waals surface area contributed by atoms with Gasteiger partial charge in [0.25, 0.3) is 0 Å². The standard InChI is InChI=1S/C16H26N2O/c1-14-5-2-3-7-16(14)18-10-8-17(9-11-18)13-15-6-4-12-19-15/h4,6,12,14,16H,2-3,5,7-11,13H2,1H3. The summed E-state index contributed by atoms with van der Waals surface area (Å²) in [6.07, 6.45) is 7.49. The van der Waals surface area contributed by atoms with Crippen molar-refractivity contribution in [3.8, 4) is 0 Å². The first kappa shape index (κ1) is 13.2. The number of furan rings is 1. The van der Waals surface area contributed by atoms with E-state index in [-0.39, 0.29) is 0 Å². The van der Waals surface area contributed by atoms with Crippen LogP contribution in [0.25, 0.3) is 0 Å². The second-order valence-corrected chi connectivity index (χ2v) is 6.22. The van der Waals surface area contributed by atoms with Crippen molar-refractivity contribution in [2.45, 2.75) is 45.2 Å². The molecule has 2 aliphatic rings. The van der Waals surface area contributed by atoms with Crippen LogP contribution >= 0.6 is 0 Å². The molecule has 3 rings (SSSR count). The maximum absolute atomic E-state index is 5.44. The quantitative estimate of drug-likeness (QED) is 0.835. The van der Waals surface area contributed by atoms with Crippen LogP contribution in [0.3, 0.4) is 0 Å². The van der Waals surface area contributed by atoms with Gasteiger partial charge in [-0.2, -0.15) is 0 Å². The van der Waals surface area contributed by atoms with Gasteiger partial charge in [-0.3, -0.25) is 9.80 Å². The SMILES string of the molecule is CC1CCCCC1N1CCN(Cc2ccco2)CC1. The highest BCUT2D eigenvalue weighted by Gasteiger charge is 2.29. The van der Waals surface area contributed by atoms with E-state index in [0.29, 0.717) is 0 Å². The van der Waals surface area contributed by atoms with Crippen molar-refractivity contribution in [2.24, 2.45) is 5.92 Å². The van der Waals surface area contributed by atoms with Gasteiger partial charge in [-0.05, 0) is 30.9 Å². The van der Waals surface area contributed by atoms with Crippen molar-refractivity contribution in [2.75, 3.05) is 26.2 Å². The molecule has 0 spiro atoms. The molecule has 106 valence electrons. The summed E-state index contributed by atoms with van der Waals surface area (Å²) in [7, 11) is 0. The Morgan fingerprint density at radius 1 is 1.16 bits per heavy atom. The van der Waals surface area contributed by atoms with Gasteiger partial charge >= 0.3 is 0 Å². The number of hydrogen-bond acceptors (Lipinski definition) is 3. The van der Waals surface area contributed by atoms with Crippen molar-refractivity contribution in [3.63, 3.8) is 0 Å². The summed E-state index contributed by atoms with van der Waals surface area (Å²) in [4.78, 5) is 5.26. The van der Waals surface area contributed by atoms with Crippen LogP contribution in [0, 0.1) is 5.92 Å². The molecule has 0 amide bonds. The minimum Gasteiger partial charge on any atom is -0.468 e.